The minimum Gasteiger partial charge on any atom is -0.481 e. The highest BCUT2D eigenvalue weighted by Crippen LogP contribution is 2.34. The van der Waals surface area contributed by atoms with Crippen LogP contribution in [0.1, 0.15) is 312 Å². The van der Waals surface area contributed by atoms with E-state index in [0.29, 0.717) is 13.2 Å². The standard InChI is InChI=1S/C27H54O2.C21H42O2.C6H14O/c1-5-8-11-14-16-17-19-21-24-27(4,23-20-18-15-12-9-6-2)26(28)29-25-22-13-10-7-3;1-4-6-8-10-12-13-15-17-19-21(3,20(22)23)18-16-14-11-9-7-5-2;1-2-3-4-5-6-7/h5-25H2,1-4H3;4-19H2,1-3H3,(H,22,23);7H,2-6H2,1H3. The van der Waals surface area contributed by atoms with Crippen LogP contribution in [0.3, 0.4) is 0 Å². The van der Waals surface area contributed by atoms with Crippen molar-refractivity contribution in [3.05, 3.63) is 0 Å². The average molecular weight is 839 g/mol. The molecule has 0 aliphatic carbocycles. The molecular weight excluding hydrogens is 729 g/mol. The summed E-state index contributed by atoms with van der Waals surface area (Å²) in [5.41, 5.74) is -0.759. The van der Waals surface area contributed by atoms with Crippen molar-refractivity contribution >= 4 is 11.9 Å². The van der Waals surface area contributed by atoms with Crippen molar-refractivity contribution < 1.29 is 24.5 Å². The molecule has 0 aliphatic heterocycles. The van der Waals surface area contributed by atoms with E-state index in [1.54, 1.807) is 0 Å². The van der Waals surface area contributed by atoms with E-state index in [0.717, 1.165) is 51.4 Å². The van der Waals surface area contributed by atoms with Gasteiger partial charge in [0.05, 0.1) is 17.4 Å². The zero-order chi connectivity index (χ0) is 44.6. The quantitative estimate of drug-likeness (QED) is 0.0472. The van der Waals surface area contributed by atoms with E-state index in [4.69, 9.17) is 9.84 Å². The Morgan fingerprint density at radius 3 is 0.864 bits per heavy atom. The summed E-state index contributed by atoms with van der Waals surface area (Å²) in [6.45, 7) is 18.5. The number of aliphatic carboxylic acids is 1. The first-order chi connectivity index (χ1) is 28.6. The minimum atomic E-state index is -0.589. The molecule has 5 heteroatoms. The van der Waals surface area contributed by atoms with Gasteiger partial charge in [0, 0.05) is 6.61 Å². The maximum Gasteiger partial charge on any atom is 0.311 e. The molecule has 2 unspecified atom stereocenters. The highest BCUT2D eigenvalue weighted by molar-refractivity contribution is 5.76. The van der Waals surface area contributed by atoms with Crippen LogP contribution < -0.4 is 0 Å². The van der Waals surface area contributed by atoms with Crippen LogP contribution >= 0.6 is 0 Å². The van der Waals surface area contributed by atoms with E-state index in [1.165, 1.54) is 205 Å². The Balaban J connectivity index is -0.000000930. The maximum atomic E-state index is 12.9. The predicted molar refractivity (Wildman–Crippen MR) is 261 cm³/mol. The third-order valence-electron chi connectivity index (χ3n) is 12.6. The van der Waals surface area contributed by atoms with E-state index in [1.807, 2.05) is 6.92 Å². The predicted octanol–water partition coefficient (Wildman–Crippen LogP) is 18.3. The molecule has 0 saturated heterocycles. The summed E-state index contributed by atoms with van der Waals surface area (Å²) in [5, 5.41) is 17.9. The number of aliphatic hydroxyl groups is 1. The van der Waals surface area contributed by atoms with Crippen molar-refractivity contribution in [2.75, 3.05) is 13.2 Å². The van der Waals surface area contributed by atoms with Gasteiger partial charge in [-0.1, -0.05) is 260 Å². The van der Waals surface area contributed by atoms with Crippen molar-refractivity contribution in [3.63, 3.8) is 0 Å². The second-order valence-corrected chi connectivity index (χ2v) is 18.9. The summed E-state index contributed by atoms with van der Waals surface area (Å²) >= 11 is 0. The van der Waals surface area contributed by atoms with Gasteiger partial charge in [0.2, 0.25) is 0 Å². The van der Waals surface area contributed by atoms with Crippen molar-refractivity contribution in [1.29, 1.82) is 0 Å². The van der Waals surface area contributed by atoms with Gasteiger partial charge in [0.15, 0.2) is 0 Å². The lowest BCUT2D eigenvalue weighted by molar-refractivity contribution is -0.156. The van der Waals surface area contributed by atoms with Crippen LogP contribution in [-0.2, 0) is 14.3 Å². The first kappa shape index (κ1) is 62.2. The number of ether oxygens (including phenoxy) is 1. The van der Waals surface area contributed by atoms with E-state index in [9.17, 15) is 14.7 Å². The van der Waals surface area contributed by atoms with Crippen LogP contribution in [0, 0.1) is 10.8 Å². The monoisotopic (exact) mass is 839 g/mol. The molecule has 356 valence electrons. The molecule has 0 aliphatic rings. The van der Waals surface area contributed by atoms with Crippen molar-refractivity contribution in [2.24, 2.45) is 10.8 Å². The summed E-state index contributed by atoms with van der Waals surface area (Å²) in [7, 11) is 0. The van der Waals surface area contributed by atoms with Crippen molar-refractivity contribution in [3.8, 4) is 0 Å². The summed E-state index contributed by atoms with van der Waals surface area (Å²) in [6, 6.07) is 0. The molecule has 0 heterocycles. The Labute approximate surface area is 371 Å². The van der Waals surface area contributed by atoms with Crippen LogP contribution in [0.15, 0.2) is 0 Å². The Morgan fingerprint density at radius 2 is 0.593 bits per heavy atom. The van der Waals surface area contributed by atoms with Gasteiger partial charge in [0.1, 0.15) is 0 Å². The summed E-state index contributed by atoms with van der Waals surface area (Å²) in [4.78, 5) is 24.5. The Kier molecular flexibility index (Phi) is 52.2. The molecule has 59 heavy (non-hydrogen) atoms. The summed E-state index contributed by atoms with van der Waals surface area (Å²) < 4.78 is 5.73. The van der Waals surface area contributed by atoms with Gasteiger partial charge in [-0.2, -0.15) is 0 Å². The summed E-state index contributed by atoms with van der Waals surface area (Å²) in [5.74, 6) is -0.514. The lowest BCUT2D eigenvalue weighted by Crippen LogP contribution is -2.30. The number of carbonyl (C=O) groups excluding carboxylic acids is 1. The molecule has 0 aromatic carbocycles. The van der Waals surface area contributed by atoms with Crippen molar-refractivity contribution in [2.45, 2.75) is 312 Å². The highest BCUT2D eigenvalue weighted by atomic mass is 16.5. The third kappa shape index (κ3) is 44.8. The molecule has 0 amide bonds. The lowest BCUT2D eigenvalue weighted by atomic mass is 9.79. The maximum absolute atomic E-state index is 12.9. The van der Waals surface area contributed by atoms with Gasteiger partial charge >= 0.3 is 11.9 Å². The van der Waals surface area contributed by atoms with Gasteiger partial charge in [-0.25, -0.2) is 0 Å². The van der Waals surface area contributed by atoms with Gasteiger partial charge in [0.25, 0.3) is 0 Å². The van der Waals surface area contributed by atoms with Crippen LogP contribution in [-0.4, -0.2) is 35.4 Å². The Bertz CT molecular complexity index is 826. The molecule has 0 radical (unpaired) electrons. The molecule has 0 aromatic rings. The Hall–Kier alpha value is -1.10. The average Bonchev–Trinajstić information content (AvgIpc) is 3.23. The number of carbonyl (C=O) groups is 2. The topological polar surface area (TPSA) is 83.8 Å². The molecule has 0 fully saturated rings. The minimum absolute atomic E-state index is 0.0745. The number of rotatable bonds is 43. The number of carboxylic acid groups (broad SMARTS) is 1. The number of esters is 1. The number of carboxylic acids is 1. The molecule has 0 bridgehead atoms. The van der Waals surface area contributed by atoms with Crippen LogP contribution in [0.2, 0.25) is 0 Å². The SMILES string of the molecule is CCCCCCCCCCC(C)(CCCCCCCC)C(=O)O.CCCCCCCCCCC(C)(CCCCCCCC)C(=O)OCCCCCC.CCCCCCO. The Morgan fingerprint density at radius 1 is 0.356 bits per heavy atom. The first-order valence-corrected chi connectivity index (χ1v) is 26.6. The molecule has 0 aromatic heterocycles. The normalized spacial score (nSPS) is 13.1. The number of hydrogen-bond acceptors (Lipinski definition) is 4. The fraction of sp³-hybridized carbons (Fsp3) is 0.963. The molecule has 2 atom stereocenters. The first-order valence-electron chi connectivity index (χ1n) is 26.6. The molecule has 5 nitrogen and oxygen atoms in total. The summed E-state index contributed by atoms with van der Waals surface area (Å²) in [6.07, 6.45) is 49.0. The van der Waals surface area contributed by atoms with E-state index in [2.05, 4.69) is 48.5 Å². The third-order valence-corrected chi connectivity index (χ3v) is 12.6. The van der Waals surface area contributed by atoms with Crippen LogP contribution in [0.5, 0.6) is 0 Å². The van der Waals surface area contributed by atoms with Gasteiger partial charge in [-0.3, -0.25) is 9.59 Å². The van der Waals surface area contributed by atoms with Crippen LogP contribution in [0.4, 0.5) is 0 Å². The molecular formula is C54H110O5. The molecule has 0 spiro atoms. The lowest BCUT2D eigenvalue weighted by Gasteiger charge is -2.27. The molecule has 0 rings (SSSR count). The van der Waals surface area contributed by atoms with E-state index < -0.39 is 11.4 Å². The zero-order valence-corrected chi connectivity index (χ0v) is 41.8. The second kappa shape index (κ2) is 49.6. The number of aliphatic hydroxyl groups excluding tert-OH is 1. The number of hydrogen-bond donors (Lipinski definition) is 2. The smallest absolute Gasteiger partial charge is 0.311 e. The van der Waals surface area contributed by atoms with Crippen LogP contribution in [0.25, 0.3) is 0 Å². The van der Waals surface area contributed by atoms with E-state index in [-0.39, 0.29) is 11.4 Å². The molecule has 2 N–H and O–H groups in total. The largest absolute Gasteiger partial charge is 0.481 e. The zero-order valence-electron chi connectivity index (χ0n) is 41.8. The fourth-order valence-corrected chi connectivity index (χ4v) is 7.96. The number of unbranched alkanes of at least 4 members (excludes halogenated alkanes) is 30. The molecule has 0 saturated carbocycles. The highest BCUT2D eigenvalue weighted by Gasteiger charge is 2.34. The van der Waals surface area contributed by atoms with Gasteiger partial charge in [-0.05, 0) is 52.4 Å². The van der Waals surface area contributed by atoms with Gasteiger partial charge < -0.3 is 14.9 Å². The fourth-order valence-electron chi connectivity index (χ4n) is 7.96. The van der Waals surface area contributed by atoms with Gasteiger partial charge in [-0.15, -0.1) is 0 Å². The van der Waals surface area contributed by atoms with E-state index >= 15 is 0 Å². The van der Waals surface area contributed by atoms with Crippen molar-refractivity contribution in [1.82, 2.24) is 0 Å². The second-order valence-electron chi connectivity index (χ2n) is 18.9.